The van der Waals surface area contributed by atoms with E-state index < -0.39 is 0 Å². The Hall–Kier alpha value is 0.440. The van der Waals surface area contributed by atoms with Gasteiger partial charge in [-0.1, -0.05) is 181 Å². The van der Waals surface area contributed by atoms with E-state index in [0.717, 1.165) is 6.04 Å². The lowest BCUT2D eigenvalue weighted by molar-refractivity contribution is -0.886. The minimum Gasteiger partial charge on any atom is -1.00 e. The second-order valence-corrected chi connectivity index (χ2v) is 12.5. The SMILES string of the molecule is CCCCCCCCCCCCCCCCC(CCCCCCCCCCCCCCCC)[NH+](C)C.[Br-]. The van der Waals surface area contributed by atoms with Crippen LogP contribution in [-0.2, 0) is 0 Å². The molecule has 0 aliphatic rings. The average molecular weight is 589 g/mol. The zero-order valence-electron chi connectivity index (χ0n) is 26.7. The lowest BCUT2D eigenvalue weighted by atomic mass is 9.99. The van der Waals surface area contributed by atoms with Crippen molar-refractivity contribution in [3.8, 4) is 0 Å². The van der Waals surface area contributed by atoms with Crippen LogP contribution in [0.1, 0.15) is 206 Å². The van der Waals surface area contributed by atoms with Crippen LogP contribution in [0.5, 0.6) is 0 Å². The molecule has 37 heavy (non-hydrogen) atoms. The van der Waals surface area contributed by atoms with Crippen LogP contribution < -0.4 is 21.9 Å². The molecule has 0 aliphatic carbocycles. The Balaban J connectivity index is 0. The Morgan fingerprint density at radius 3 is 0.703 bits per heavy atom. The standard InChI is InChI=1S/C35H73N.BrH/c1-5-7-9-11-13-15-17-19-21-23-25-27-29-31-33-35(36(3)4)34-32-30-28-26-24-22-20-18-16-14-12-10-8-6-2;/h35H,5-34H2,1-4H3;1H. The summed E-state index contributed by atoms with van der Waals surface area (Å²) in [6.07, 6.45) is 44.0. The van der Waals surface area contributed by atoms with Gasteiger partial charge in [-0.3, -0.25) is 0 Å². The van der Waals surface area contributed by atoms with Gasteiger partial charge < -0.3 is 21.9 Å². The van der Waals surface area contributed by atoms with Crippen LogP contribution in [0.2, 0.25) is 0 Å². The molecule has 0 aliphatic heterocycles. The van der Waals surface area contributed by atoms with Crippen molar-refractivity contribution in [3.63, 3.8) is 0 Å². The summed E-state index contributed by atoms with van der Waals surface area (Å²) in [7, 11) is 4.77. The van der Waals surface area contributed by atoms with Gasteiger partial charge in [-0.2, -0.15) is 0 Å². The maximum atomic E-state index is 2.39. The van der Waals surface area contributed by atoms with Crippen LogP contribution in [0.3, 0.4) is 0 Å². The minimum absolute atomic E-state index is 0. The van der Waals surface area contributed by atoms with E-state index in [1.807, 2.05) is 0 Å². The molecule has 1 N–H and O–H groups in total. The van der Waals surface area contributed by atoms with Gasteiger partial charge in [0.15, 0.2) is 0 Å². The zero-order valence-corrected chi connectivity index (χ0v) is 28.3. The third-order valence-corrected chi connectivity index (χ3v) is 8.63. The quantitative estimate of drug-likeness (QED) is 0.0778. The molecule has 0 aromatic carbocycles. The topological polar surface area (TPSA) is 4.44 Å². The smallest absolute Gasteiger partial charge is 0.0870 e. The van der Waals surface area contributed by atoms with Crippen LogP contribution in [0.4, 0.5) is 0 Å². The van der Waals surface area contributed by atoms with Gasteiger partial charge in [0.2, 0.25) is 0 Å². The third-order valence-electron chi connectivity index (χ3n) is 8.63. The third kappa shape index (κ3) is 32.5. The van der Waals surface area contributed by atoms with E-state index in [4.69, 9.17) is 0 Å². The monoisotopic (exact) mass is 588 g/mol. The maximum Gasteiger partial charge on any atom is 0.0870 e. The summed E-state index contributed by atoms with van der Waals surface area (Å²) in [5.41, 5.74) is 0. The van der Waals surface area contributed by atoms with Crippen LogP contribution in [0.15, 0.2) is 0 Å². The summed E-state index contributed by atoms with van der Waals surface area (Å²) in [5.74, 6) is 0. The Labute approximate surface area is 247 Å². The highest BCUT2D eigenvalue weighted by molar-refractivity contribution is 4.58. The first-order chi connectivity index (χ1) is 17.7. The summed E-state index contributed by atoms with van der Waals surface area (Å²) in [6, 6.07) is 0.902. The Kier molecular flexibility index (Phi) is 36.9. The Morgan fingerprint density at radius 2 is 0.514 bits per heavy atom. The van der Waals surface area contributed by atoms with Crippen molar-refractivity contribution in [2.45, 2.75) is 213 Å². The van der Waals surface area contributed by atoms with Crippen LogP contribution >= 0.6 is 0 Å². The molecule has 0 aromatic rings. The van der Waals surface area contributed by atoms with Crippen molar-refractivity contribution in [3.05, 3.63) is 0 Å². The molecular formula is C35H74BrN. The van der Waals surface area contributed by atoms with Crippen molar-refractivity contribution >= 4 is 0 Å². The molecule has 0 unspecified atom stereocenters. The molecule has 0 radical (unpaired) electrons. The number of quaternary nitrogens is 1. The summed E-state index contributed by atoms with van der Waals surface area (Å²) in [6.45, 7) is 4.62. The zero-order chi connectivity index (χ0) is 26.4. The molecule has 0 atom stereocenters. The van der Waals surface area contributed by atoms with Gasteiger partial charge >= 0.3 is 0 Å². The fourth-order valence-corrected chi connectivity index (χ4v) is 5.89. The molecule has 2 heteroatoms. The van der Waals surface area contributed by atoms with Crippen LogP contribution in [0, 0.1) is 0 Å². The van der Waals surface area contributed by atoms with Crippen LogP contribution in [-0.4, -0.2) is 20.1 Å². The lowest BCUT2D eigenvalue weighted by Gasteiger charge is -2.21. The lowest BCUT2D eigenvalue weighted by Crippen LogP contribution is -3.10. The van der Waals surface area contributed by atoms with Gasteiger partial charge in [0.05, 0.1) is 20.1 Å². The van der Waals surface area contributed by atoms with Gasteiger partial charge in [-0.15, -0.1) is 0 Å². The highest BCUT2D eigenvalue weighted by atomic mass is 79.9. The van der Waals surface area contributed by atoms with Crippen molar-refractivity contribution in [1.29, 1.82) is 0 Å². The number of rotatable bonds is 31. The van der Waals surface area contributed by atoms with Gasteiger partial charge in [0.1, 0.15) is 0 Å². The molecule has 1 nitrogen and oxygen atoms in total. The number of hydrogen-bond donors (Lipinski definition) is 1. The summed E-state index contributed by atoms with van der Waals surface area (Å²) in [5, 5.41) is 0. The highest BCUT2D eigenvalue weighted by Gasteiger charge is 2.13. The molecule has 0 heterocycles. The van der Waals surface area contributed by atoms with E-state index in [-0.39, 0.29) is 17.0 Å². The normalized spacial score (nSPS) is 11.5. The van der Waals surface area contributed by atoms with E-state index in [0.29, 0.717) is 0 Å². The molecule has 0 rings (SSSR count). The van der Waals surface area contributed by atoms with Gasteiger partial charge in [-0.05, 0) is 25.7 Å². The Bertz CT molecular complexity index is 351. The largest absolute Gasteiger partial charge is 1.00 e. The van der Waals surface area contributed by atoms with E-state index in [9.17, 15) is 0 Å². The maximum absolute atomic E-state index is 2.39. The van der Waals surface area contributed by atoms with Crippen molar-refractivity contribution in [1.82, 2.24) is 0 Å². The van der Waals surface area contributed by atoms with Crippen molar-refractivity contribution < 1.29 is 21.9 Å². The van der Waals surface area contributed by atoms with E-state index >= 15 is 0 Å². The van der Waals surface area contributed by atoms with Gasteiger partial charge in [-0.25, -0.2) is 0 Å². The fraction of sp³-hybridized carbons (Fsp3) is 1.00. The van der Waals surface area contributed by atoms with Crippen LogP contribution in [0.25, 0.3) is 0 Å². The molecule has 0 aromatic heterocycles. The second-order valence-electron chi connectivity index (χ2n) is 12.5. The number of unbranched alkanes of at least 4 members (excludes halogenated alkanes) is 26. The number of nitrogens with one attached hydrogen (secondary N) is 1. The van der Waals surface area contributed by atoms with Gasteiger partial charge in [0.25, 0.3) is 0 Å². The number of hydrogen-bond acceptors (Lipinski definition) is 0. The van der Waals surface area contributed by atoms with E-state index in [1.54, 1.807) is 4.90 Å². The molecule has 0 spiro atoms. The van der Waals surface area contributed by atoms with Crippen molar-refractivity contribution in [2.75, 3.05) is 14.1 Å². The minimum atomic E-state index is 0. The average Bonchev–Trinajstić information content (AvgIpc) is 2.87. The first kappa shape index (κ1) is 39.6. The first-order valence-corrected chi connectivity index (χ1v) is 17.5. The summed E-state index contributed by atoms with van der Waals surface area (Å²) >= 11 is 0. The predicted molar refractivity (Wildman–Crippen MR) is 166 cm³/mol. The summed E-state index contributed by atoms with van der Waals surface area (Å²) < 4.78 is 0. The first-order valence-electron chi connectivity index (χ1n) is 17.5. The van der Waals surface area contributed by atoms with E-state index in [1.165, 1.54) is 193 Å². The van der Waals surface area contributed by atoms with E-state index in [2.05, 4.69) is 27.9 Å². The molecular weight excluding hydrogens is 514 g/mol. The Morgan fingerprint density at radius 1 is 0.324 bits per heavy atom. The molecule has 0 fully saturated rings. The van der Waals surface area contributed by atoms with Crippen molar-refractivity contribution in [2.24, 2.45) is 0 Å². The molecule has 0 bridgehead atoms. The molecule has 226 valence electrons. The molecule has 0 amide bonds. The highest BCUT2D eigenvalue weighted by Crippen LogP contribution is 2.16. The molecule has 0 saturated heterocycles. The fourth-order valence-electron chi connectivity index (χ4n) is 5.89. The predicted octanol–water partition coefficient (Wildman–Crippen LogP) is 8.25. The summed E-state index contributed by atoms with van der Waals surface area (Å²) in [4.78, 5) is 1.69. The van der Waals surface area contributed by atoms with Gasteiger partial charge in [0, 0.05) is 0 Å². The molecule has 0 saturated carbocycles. The number of halogens is 1. The second kappa shape index (κ2) is 34.5.